The van der Waals surface area contributed by atoms with Gasteiger partial charge in [-0.15, -0.1) is 0 Å². The lowest BCUT2D eigenvalue weighted by Crippen LogP contribution is -2.13. The lowest BCUT2D eigenvalue weighted by atomic mass is 10.2. The summed E-state index contributed by atoms with van der Waals surface area (Å²) in [6, 6.07) is 12.9. The Bertz CT molecular complexity index is 975. The molecule has 8 heteroatoms. The normalized spacial score (nSPS) is 11.8. The summed E-state index contributed by atoms with van der Waals surface area (Å²) in [5.74, 6) is 2.20. The average Bonchev–Trinajstić information content (AvgIpc) is 3.21. The minimum absolute atomic E-state index is 0.186. The highest BCUT2D eigenvalue weighted by atomic mass is 16.7. The molecule has 0 radical (unpaired) electrons. The van der Waals surface area contributed by atoms with Gasteiger partial charge in [0.15, 0.2) is 11.5 Å². The first-order valence-electron chi connectivity index (χ1n) is 8.61. The van der Waals surface area contributed by atoms with Gasteiger partial charge in [0.25, 0.3) is 5.91 Å². The predicted octanol–water partition coefficient (Wildman–Crippen LogP) is 3.08. The van der Waals surface area contributed by atoms with Crippen LogP contribution >= 0.6 is 0 Å². The van der Waals surface area contributed by atoms with Crippen molar-refractivity contribution >= 4 is 17.5 Å². The first-order valence-corrected chi connectivity index (χ1v) is 8.61. The number of hydrogen-bond acceptors (Lipinski definition) is 7. The molecule has 0 fully saturated rings. The molecule has 0 unspecified atom stereocenters. The summed E-state index contributed by atoms with van der Waals surface area (Å²) in [6.45, 7) is 0.748. The number of amides is 1. The Labute approximate surface area is 161 Å². The third kappa shape index (κ3) is 3.96. The van der Waals surface area contributed by atoms with Crippen molar-refractivity contribution in [1.82, 2.24) is 9.97 Å². The predicted molar refractivity (Wildman–Crippen MR) is 103 cm³/mol. The first-order chi connectivity index (χ1) is 13.7. The van der Waals surface area contributed by atoms with E-state index in [9.17, 15) is 4.79 Å². The lowest BCUT2D eigenvalue weighted by molar-refractivity contribution is 0.102. The molecule has 142 valence electrons. The Morgan fingerprint density at radius 2 is 1.82 bits per heavy atom. The van der Waals surface area contributed by atoms with Gasteiger partial charge in [0.2, 0.25) is 12.7 Å². The van der Waals surface area contributed by atoms with Crippen LogP contribution < -0.4 is 24.8 Å². The summed E-state index contributed by atoms with van der Waals surface area (Å²) in [5, 5.41) is 5.91. The van der Waals surface area contributed by atoms with Gasteiger partial charge in [-0.1, -0.05) is 12.1 Å². The summed E-state index contributed by atoms with van der Waals surface area (Å²) >= 11 is 0. The van der Waals surface area contributed by atoms with Crippen molar-refractivity contribution in [2.75, 3.05) is 24.5 Å². The maximum Gasteiger partial charge on any atom is 0.258 e. The minimum atomic E-state index is -0.305. The fourth-order valence-electron chi connectivity index (χ4n) is 2.64. The Morgan fingerprint density at radius 3 is 2.57 bits per heavy atom. The molecule has 28 heavy (non-hydrogen) atoms. The van der Waals surface area contributed by atoms with Crippen LogP contribution in [0.1, 0.15) is 15.9 Å². The molecule has 0 spiro atoms. The van der Waals surface area contributed by atoms with Crippen LogP contribution in [0, 0.1) is 0 Å². The second-order valence-corrected chi connectivity index (χ2v) is 6.02. The topological polar surface area (TPSA) is 94.6 Å². The van der Waals surface area contributed by atoms with Gasteiger partial charge in [-0.2, -0.15) is 0 Å². The van der Waals surface area contributed by atoms with Gasteiger partial charge in [0.05, 0.1) is 12.7 Å². The number of carbonyl (C=O) groups is 1. The number of anilines is 2. The number of fused-ring (bicyclic) bond motifs is 1. The van der Waals surface area contributed by atoms with Gasteiger partial charge in [0.1, 0.15) is 5.75 Å². The number of benzene rings is 2. The van der Waals surface area contributed by atoms with Crippen molar-refractivity contribution in [3.8, 4) is 17.2 Å². The molecular formula is C20H18N4O4. The number of methoxy groups -OCH3 is 1. The quantitative estimate of drug-likeness (QED) is 0.681. The van der Waals surface area contributed by atoms with Gasteiger partial charge in [-0.05, 0) is 29.8 Å². The number of hydrogen-bond donors (Lipinski definition) is 2. The van der Waals surface area contributed by atoms with E-state index in [1.165, 1.54) is 12.4 Å². The third-order valence-electron chi connectivity index (χ3n) is 4.15. The molecule has 1 aliphatic heterocycles. The average molecular weight is 378 g/mol. The fraction of sp³-hybridized carbons (Fsp3) is 0.150. The van der Waals surface area contributed by atoms with Crippen molar-refractivity contribution in [2.24, 2.45) is 0 Å². The number of carbonyl (C=O) groups excluding carboxylic acids is 1. The highest BCUT2D eigenvalue weighted by Gasteiger charge is 2.15. The number of aromatic nitrogens is 2. The molecular weight excluding hydrogens is 360 g/mol. The summed E-state index contributed by atoms with van der Waals surface area (Å²) in [7, 11) is 1.63. The van der Waals surface area contributed by atoms with E-state index in [1.54, 1.807) is 25.3 Å². The maximum absolute atomic E-state index is 12.4. The Hall–Kier alpha value is -3.81. The minimum Gasteiger partial charge on any atom is -0.497 e. The van der Waals surface area contributed by atoms with Crippen LogP contribution in [0.4, 0.5) is 11.6 Å². The SMILES string of the molecule is COc1ccc(CNc2ncc(C(=O)Nc3ccc4c(c3)OCO4)cn2)cc1. The van der Waals surface area contributed by atoms with Crippen molar-refractivity contribution in [2.45, 2.75) is 6.54 Å². The van der Waals surface area contributed by atoms with Crippen LogP contribution in [0.15, 0.2) is 54.9 Å². The van der Waals surface area contributed by atoms with Gasteiger partial charge in [-0.25, -0.2) is 9.97 Å². The maximum atomic E-state index is 12.4. The third-order valence-corrected chi connectivity index (χ3v) is 4.15. The van der Waals surface area contributed by atoms with E-state index in [4.69, 9.17) is 14.2 Å². The van der Waals surface area contributed by atoms with Crippen LogP contribution in [0.3, 0.4) is 0 Å². The standard InChI is InChI=1S/C20H18N4O4/c1-26-16-5-2-13(3-6-16)9-21-20-22-10-14(11-23-20)19(25)24-15-4-7-17-18(8-15)28-12-27-17/h2-8,10-11H,9,12H2,1H3,(H,24,25)(H,21,22,23). The second-order valence-electron chi connectivity index (χ2n) is 6.02. The molecule has 2 aromatic carbocycles. The fourth-order valence-corrected chi connectivity index (χ4v) is 2.64. The van der Waals surface area contributed by atoms with Crippen LogP contribution in [-0.2, 0) is 6.54 Å². The molecule has 0 saturated carbocycles. The number of ether oxygens (including phenoxy) is 3. The van der Waals surface area contributed by atoms with Crippen LogP contribution in [0.2, 0.25) is 0 Å². The molecule has 0 bridgehead atoms. The van der Waals surface area contributed by atoms with Crippen LogP contribution in [0.5, 0.6) is 17.2 Å². The molecule has 0 saturated heterocycles. The molecule has 8 nitrogen and oxygen atoms in total. The molecule has 0 aliphatic carbocycles. The molecule has 0 atom stereocenters. The highest BCUT2D eigenvalue weighted by molar-refractivity contribution is 6.04. The van der Waals surface area contributed by atoms with Crippen molar-refractivity contribution in [3.63, 3.8) is 0 Å². The van der Waals surface area contributed by atoms with Gasteiger partial charge >= 0.3 is 0 Å². The van der Waals surface area contributed by atoms with Crippen molar-refractivity contribution in [1.29, 1.82) is 0 Å². The molecule has 1 aliphatic rings. The van der Waals surface area contributed by atoms with E-state index in [0.29, 0.717) is 35.2 Å². The summed E-state index contributed by atoms with van der Waals surface area (Å²) in [4.78, 5) is 20.8. The summed E-state index contributed by atoms with van der Waals surface area (Å²) in [6.07, 6.45) is 2.96. The van der Waals surface area contributed by atoms with E-state index in [1.807, 2.05) is 24.3 Å². The molecule has 4 rings (SSSR count). The summed E-state index contributed by atoms with van der Waals surface area (Å²) < 4.78 is 15.7. The van der Waals surface area contributed by atoms with Crippen molar-refractivity contribution < 1.29 is 19.0 Å². The van der Waals surface area contributed by atoms with Crippen LogP contribution in [-0.4, -0.2) is 29.8 Å². The zero-order valence-electron chi connectivity index (χ0n) is 15.1. The zero-order chi connectivity index (χ0) is 19.3. The smallest absolute Gasteiger partial charge is 0.258 e. The molecule has 3 aromatic rings. The largest absolute Gasteiger partial charge is 0.497 e. The number of rotatable bonds is 6. The molecule has 1 aromatic heterocycles. The first kappa shape index (κ1) is 17.6. The van der Waals surface area contributed by atoms with E-state index in [0.717, 1.165) is 11.3 Å². The van der Waals surface area contributed by atoms with E-state index < -0.39 is 0 Å². The molecule has 2 heterocycles. The Balaban J connectivity index is 1.35. The second kappa shape index (κ2) is 7.83. The van der Waals surface area contributed by atoms with Gasteiger partial charge in [0, 0.05) is 30.7 Å². The van der Waals surface area contributed by atoms with Crippen LogP contribution in [0.25, 0.3) is 0 Å². The number of nitrogens with one attached hydrogen (secondary N) is 2. The monoisotopic (exact) mass is 378 g/mol. The molecule has 1 amide bonds. The zero-order valence-corrected chi connectivity index (χ0v) is 15.1. The Morgan fingerprint density at radius 1 is 1.07 bits per heavy atom. The van der Waals surface area contributed by atoms with E-state index >= 15 is 0 Å². The van der Waals surface area contributed by atoms with E-state index in [-0.39, 0.29) is 12.7 Å². The Kier molecular flexibility index (Phi) is 4.92. The summed E-state index contributed by atoms with van der Waals surface area (Å²) in [5.41, 5.74) is 2.03. The number of nitrogens with zero attached hydrogens (tertiary/aromatic N) is 2. The van der Waals surface area contributed by atoms with E-state index in [2.05, 4.69) is 20.6 Å². The highest BCUT2D eigenvalue weighted by Crippen LogP contribution is 2.34. The van der Waals surface area contributed by atoms with Gasteiger partial charge < -0.3 is 24.8 Å². The van der Waals surface area contributed by atoms with Crippen molar-refractivity contribution in [3.05, 3.63) is 66.0 Å². The lowest BCUT2D eigenvalue weighted by Gasteiger charge is -2.08. The molecule has 2 N–H and O–H groups in total. The van der Waals surface area contributed by atoms with Gasteiger partial charge in [-0.3, -0.25) is 4.79 Å².